The van der Waals surface area contributed by atoms with E-state index in [0.29, 0.717) is 36.8 Å². The summed E-state index contributed by atoms with van der Waals surface area (Å²) >= 11 is 0. The molecule has 0 spiro atoms. The zero-order chi connectivity index (χ0) is 20.0. The van der Waals surface area contributed by atoms with E-state index in [-0.39, 0.29) is 5.91 Å². The van der Waals surface area contributed by atoms with Crippen molar-refractivity contribution in [2.45, 2.75) is 58.9 Å². The van der Waals surface area contributed by atoms with Crippen LogP contribution in [0.5, 0.6) is 11.5 Å². The second-order valence-electron chi connectivity index (χ2n) is 6.81. The first-order valence-corrected chi connectivity index (χ1v) is 10.3. The topological polar surface area (TPSA) is 60.5 Å². The Morgan fingerprint density at radius 3 is 2.18 bits per heavy atom. The lowest BCUT2D eigenvalue weighted by Gasteiger charge is -2.14. The number of rotatable bonds is 13. The molecule has 2 rings (SSSR count). The van der Waals surface area contributed by atoms with E-state index in [1.165, 1.54) is 0 Å². The zero-order valence-corrected chi connectivity index (χ0v) is 17.1. The summed E-state index contributed by atoms with van der Waals surface area (Å²) in [6.45, 7) is 6.08. The number of aromatic nitrogens is 1. The highest BCUT2D eigenvalue weighted by atomic mass is 16.5. The second-order valence-corrected chi connectivity index (χ2v) is 6.81. The SMILES string of the molecule is CCCCCOc1ccc(C(=O)NCc2ccncc2)cc1OCCCCC. The van der Waals surface area contributed by atoms with Crippen LogP contribution in [0.4, 0.5) is 0 Å². The molecule has 0 radical (unpaired) electrons. The smallest absolute Gasteiger partial charge is 0.251 e. The third-order valence-electron chi connectivity index (χ3n) is 4.42. The Bertz CT molecular complexity index is 704. The first-order valence-electron chi connectivity index (χ1n) is 10.3. The summed E-state index contributed by atoms with van der Waals surface area (Å²) in [7, 11) is 0. The van der Waals surface area contributed by atoms with Crippen molar-refractivity contribution >= 4 is 5.91 Å². The van der Waals surface area contributed by atoms with Gasteiger partial charge in [-0.15, -0.1) is 0 Å². The van der Waals surface area contributed by atoms with Crippen LogP contribution in [0.15, 0.2) is 42.7 Å². The normalized spacial score (nSPS) is 10.5. The highest BCUT2D eigenvalue weighted by Crippen LogP contribution is 2.29. The van der Waals surface area contributed by atoms with Crippen LogP contribution in [-0.2, 0) is 6.54 Å². The van der Waals surface area contributed by atoms with Crippen LogP contribution in [0.2, 0.25) is 0 Å². The molecule has 1 heterocycles. The number of benzene rings is 1. The van der Waals surface area contributed by atoms with Crippen LogP contribution < -0.4 is 14.8 Å². The van der Waals surface area contributed by atoms with Gasteiger partial charge < -0.3 is 14.8 Å². The van der Waals surface area contributed by atoms with Crippen molar-refractivity contribution in [3.8, 4) is 11.5 Å². The minimum absolute atomic E-state index is 0.132. The Hall–Kier alpha value is -2.56. The maximum absolute atomic E-state index is 12.5. The van der Waals surface area contributed by atoms with Crippen LogP contribution in [0.3, 0.4) is 0 Å². The lowest BCUT2D eigenvalue weighted by Crippen LogP contribution is -2.22. The van der Waals surface area contributed by atoms with Gasteiger partial charge in [-0.25, -0.2) is 0 Å². The van der Waals surface area contributed by atoms with E-state index >= 15 is 0 Å². The van der Waals surface area contributed by atoms with Crippen molar-refractivity contribution in [1.82, 2.24) is 10.3 Å². The van der Waals surface area contributed by atoms with Crippen LogP contribution in [0.1, 0.15) is 68.3 Å². The fourth-order valence-corrected chi connectivity index (χ4v) is 2.73. The van der Waals surface area contributed by atoms with Gasteiger partial charge in [0.15, 0.2) is 11.5 Å². The second kappa shape index (κ2) is 12.8. The Morgan fingerprint density at radius 1 is 0.893 bits per heavy atom. The molecule has 0 aliphatic carbocycles. The lowest BCUT2D eigenvalue weighted by atomic mass is 10.1. The molecule has 0 saturated heterocycles. The van der Waals surface area contributed by atoms with Gasteiger partial charge >= 0.3 is 0 Å². The van der Waals surface area contributed by atoms with Gasteiger partial charge in [-0.3, -0.25) is 9.78 Å². The molecular formula is C23H32N2O3. The molecule has 1 N–H and O–H groups in total. The number of amides is 1. The van der Waals surface area contributed by atoms with E-state index in [2.05, 4.69) is 24.1 Å². The molecule has 0 unspecified atom stereocenters. The van der Waals surface area contributed by atoms with Gasteiger partial charge in [0.05, 0.1) is 13.2 Å². The van der Waals surface area contributed by atoms with E-state index in [0.717, 1.165) is 44.1 Å². The molecule has 0 bridgehead atoms. The molecule has 1 aromatic heterocycles. The van der Waals surface area contributed by atoms with Crippen LogP contribution in [0, 0.1) is 0 Å². The Kier molecular flexibility index (Phi) is 9.91. The van der Waals surface area contributed by atoms with Crippen molar-refractivity contribution in [1.29, 1.82) is 0 Å². The predicted octanol–water partition coefficient (Wildman–Crippen LogP) is 5.15. The van der Waals surface area contributed by atoms with Crippen LogP contribution in [0.25, 0.3) is 0 Å². The maximum Gasteiger partial charge on any atom is 0.251 e. The summed E-state index contributed by atoms with van der Waals surface area (Å²) in [5.74, 6) is 1.22. The monoisotopic (exact) mass is 384 g/mol. The molecule has 0 fully saturated rings. The van der Waals surface area contributed by atoms with E-state index < -0.39 is 0 Å². The number of carbonyl (C=O) groups excluding carboxylic acids is 1. The summed E-state index contributed by atoms with van der Waals surface area (Å²) in [5.41, 5.74) is 1.58. The number of unbranched alkanes of at least 4 members (excludes halogenated alkanes) is 4. The molecule has 1 aromatic carbocycles. The lowest BCUT2D eigenvalue weighted by molar-refractivity contribution is 0.0950. The Balaban J connectivity index is 2.01. The van der Waals surface area contributed by atoms with Crippen molar-refractivity contribution in [3.63, 3.8) is 0 Å². The van der Waals surface area contributed by atoms with E-state index in [9.17, 15) is 4.79 Å². The third-order valence-corrected chi connectivity index (χ3v) is 4.42. The number of ether oxygens (including phenoxy) is 2. The minimum atomic E-state index is -0.132. The molecule has 0 atom stereocenters. The number of pyridine rings is 1. The van der Waals surface area contributed by atoms with Gasteiger partial charge in [0.1, 0.15) is 0 Å². The van der Waals surface area contributed by atoms with Gasteiger partial charge in [0.2, 0.25) is 0 Å². The molecule has 28 heavy (non-hydrogen) atoms. The van der Waals surface area contributed by atoms with Crippen molar-refractivity contribution in [3.05, 3.63) is 53.9 Å². The molecule has 5 heteroatoms. The average molecular weight is 385 g/mol. The third kappa shape index (κ3) is 7.59. The number of hydrogen-bond donors (Lipinski definition) is 1. The highest BCUT2D eigenvalue weighted by Gasteiger charge is 2.12. The molecule has 0 aliphatic rings. The number of carbonyl (C=O) groups is 1. The molecule has 1 amide bonds. The van der Waals surface area contributed by atoms with Crippen molar-refractivity contribution in [2.24, 2.45) is 0 Å². The van der Waals surface area contributed by atoms with E-state index in [4.69, 9.17) is 9.47 Å². The van der Waals surface area contributed by atoms with Gasteiger partial charge in [-0.05, 0) is 48.7 Å². The first kappa shape index (κ1) is 21.7. The minimum Gasteiger partial charge on any atom is -0.490 e. The van der Waals surface area contributed by atoms with Gasteiger partial charge in [0.25, 0.3) is 5.91 Å². The predicted molar refractivity (Wildman–Crippen MR) is 112 cm³/mol. The maximum atomic E-state index is 12.5. The summed E-state index contributed by atoms with van der Waals surface area (Å²) in [6.07, 6.45) is 10.00. The largest absolute Gasteiger partial charge is 0.490 e. The van der Waals surface area contributed by atoms with Crippen LogP contribution >= 0.6 is 0 Å². The molecule has 5 nitrogen and oxygen atoms in total. The standard InChI is InChI=1S/C23H32N2O3/c1-3-5-7-15-27-21-10-9-20(17-22(21)28-16-8-6-4-2)23(26)25-18-19-11-13-24-14-12-19/h9-14,17H,3-8,15-16,18H2,1-2H3,(H,25,26). The molecule has 2 aromatic rings. The zero-order valence-electron chi connectivity index (χ0n) is 17.1. The van der Waals surface area contributed by atoms with Gasteiger partial charge in [0, 0.05) is 24.5 Å². The summed E-state index contributed by atoms with van der Waals surface area (Å²) in [5, 5.41) is 2.94. The molecule has 152 valence electrons. The van der Waals surface area contributed by atoms with Crippen molar-refractivity contribution in [2.75, 3.05) is 13.2 Å². The fourth-order valence-electron chi connectivity index (χ4n) is 2.73. The molecule has 0 aliphatic heterocycles. The summed E-state index contributed by atoms with van der Waals surface area (Å²) in [6, 6.07) is 9.17. The average Bonchev–Trinajstić information content (AvgIpc) is 2.74. The number of hydrogen-bond acceptors (Lipinski definition) is 4. The molecule has 0 saturated carbocycles. The summed E-state index contributed by atoms with van der Waals surface area (Å²) in [4.78, 5) is 16.5. The van der Waals surface area contributed by atoms with Crippen LogP contribution in [-0.4, -0.2) is 24.1 Å². The Morgan fingerprint density at radius 2 is 1.54 bits per heavy atom. The number of nitrogens with zero attached hydrogens (tertiary/aromatic N) is 1. The van der Waals surface area contributed by atoms with Crippen molar-refractivity contribution < 1.29 is 14.3 Å². The fraction of sp³-hybridized carbons (Fsp3) is 0.478. The van der Waals surface area contributed by atoms with E-state index in [1.807, 2.05) is 18.2 Å². The molecular weight excluding hydrogens is 352 g/mol. The highest BCUT2D eigenvalue weighted by molar-refractivity contribution is 5.94. The van der Waals surface area contributed by atoms with E-state index in [1.54, 1.807) is 24.5 Å². The first-order chi connectivity index (χ1) is 13.7. The van der Waals surface area contributed by atoms with Gasteiger partial charge in [-0.1, -0.05) is 39.5 Å². The quantitative estimate of drug-likeness (QED) is 0.485. The van der Waals surface area contributed by atoms with Gasteiger partial charge in [-0.2, -0.15) is 0 Å². The summed E-state index contributed by atoms with van der Waals surface area (Å²) < 4.78 is 11.8. The Labute approximate surface area is 168 Å². The number of nitrogens with one attached hydrogen (secondary N) is 1.